The number of hydrogen-bond acceptors (Lipinski definition) is 5. The van der Waals surface area contributed by atoms with Crippen LogP contribution in [0.1, 0.15) is 34.7 Å². The second-order valence-electron chi connectivity index (χ2n) is 12.6. The molecule has 1 fully saturated rings. The van der Waals surface area contributed by atoms with Gasteiger partial charge in [-0.15, -0.1) is 0 Å². The number of piperazine rings is 1. The van der Waals surface area contributed by atoms with E-state index in [0.717, 1.165) is 26.8 Å². The zero-order valence-corrected chi connectivity index (χ0v) is 27.5. The molecule has 1 heterocycles. The molecule has 0 saturated carbocycles. The van der Waals surface area contributed by atoms with Gasteiger partial charge >= 0.3 is 18.4 Å². The lowest BCUT2D eigenvalue weighted by Crippen LogP contribution is -2.68. The van der Waals surface area contributed by atoms with Crippen LogP contribution in [0.4, 0.5) is 31.1 Å². The molecule has 2 N–H and O–H groups in total. The molecule has 4 aromatic rings. The second-order valence-corrected chi connectivity index (χ2v) is 12.6. The average Bonchev–Trinajstić information content (AvgIpc) is 3.09. The van der Waals surface area contributed by atoms with Crippen molar-refractivity contribution in [3.63, 3.8) is 0 Å². The highest BCUT2D eigenvalue weighted by Crippen LogP contribution is 2.36. The minimum Gasteiger partial charge on any atom is -0.444 e. The van der Waals surface area contributed by atoms with E-state index < -0.39 is 59.9 Å². The number of nitrogens with two attached hydrogens (primary N) is 1. The molecule has 14 heteroatoms. The van der Waals surface area contributed by atoms with Gasteiger partial charge in [0.2, 0.25) is 12.3 Å². The Labute approximate surface area is 290 Å². The number of ether oxygens (including phenoxy) is 1. The number of carbonyl (C=O) groups excluding carboxylic acids is 3. The predicted molar refractivity (Wildman–Crippen MR) is 177 cm³/mol. The first kappa shape index (κ1) is 37.2. The summed E-state index contributed by atoms with van der Waals surface area (Å²) in [6.07, 6.45) is -11.6. The summed E-state index contributed by atoms with van der Waals surface area (Å²) in [5, 5.41) is 2.03. The van der Waals surface area contributed by atoms with E-state index in [9.17, 15) is 40.7 Å². The molecule has 0 aliphatic carbocycles. The van der Waals surface area contributed by atoms with Crippen LogP contribution in [0.25, 0.3) is 10.8 Å². The third kappa shape index (κ3) is 8.98. The van der Waals surface area contributed by atoms with Crippen LogP contribution in [-0.2, 0) is 46.3 Å². The van der Waals surface area contributed by atoms with Crippen LogP contribution in [0.3, 0.4) is 0 Å². The number of hydrogen-bond donors (Lipinski definition) is 1. The number of benzene rings is 4. The van der Waals surface area contributed by atoms with Crippen LogP contribution in [-0.4, -0.2) is 65.0 Å². The van der Waals surface area contributed by atoms with Gasteiger partial charge in [0.05, 0.1) is 17.7 Å². The SMILES string of the molecule is CC(Cc1ccc2ccccc2c1)CN(C(=O)OCc1cc(C(F)(F)F)cc(C(F)(F)F)c1)C1CN(Cc2ccccc2)C(=O)[C@H](CN)N1C=O. The van der Waals surface area contributed by atoms with Crippen LogP contribution < -0.4 is 5.73 Å². The molecule has 3 amide bonds. The van der Waals surface area contributed by atoms with E-state index in [-0.39, 0.29) is 38.2 Å². The zero-order valence-electron chi connectivity index (χ0n) is 27.5. The van der Waals surface area contributed by atoms with Crippen molar-refractivity contribution in [1.82, 2.24) is 14.7 Å². The fourth-order valence-corrected chi connectivity index (χ4v) is 6.32. The van der Waals surface area contributed by atoms with Crippen molar-refractivity contribution < 1.29 is 45.5 Å². The summed E-state index contributed by atoms with van der Waals surface area (Å²) in [7, 11) is 0. The van der Waals surface area contributed by atoms with Gasteiger partial charge in [-0.05, 0) is 58.0 Å². The van der Waals surface area contributed by atoms with Gasteiger partial charge in [-0.1, -0.05) is 79.7 Å². The number of halogens is 6. The molecular weight excluding hydrogens is 678 g/mol. The molecule has 1 saturated heterocycles. The van der Waals surface area contributed by atoms with E-state index in [4.69, 9.17) is 10.5 Å². The molecule has 0 spiro atoms. The van der Waals surface area contributed by atoms with Crippen molar-refractivity contribution in [2.75, 3.05) is 19.6 Å². The van der Waals surface area contributed by atoms with E-state index in [1.54, 1.807) is 30.3 Å². The smallest absolute Gasteiger partial charge is 0.416 e. The van der Waals surface area contributed by atoms with Crippen LogP contribution in [0.15, 0.2) is 91.0 Å². The van der Waals surface area contributed by atoms with Gasteiger partial charge in [0.25, 0.3) is 0 Å². The highest BCUT2D eigenvalue weighted by Gasteiger charge is 2.44. The lowest BCUT2D eigenvalue weighted by molar-refractivity contribution is -0.156. The van der Waals surface area contributed by atoms with Crippen LogP contribution in [0.2, 0.25) is 0 Å². The molecule has 5 rings (SSSR count). The summed E-state index contributed by atoms with van der Waals surface area (Å²) in [4.78, 5) is 43.7. The molecule has 3 atom stereocenters. The van der Waals surface area contributed by atoms with Gasteiger partial charge < -0.3 is 20.3 Å². The number of carbonyl (C=O) groups is 3. The fraction of sp³-hybridized carbons (Fsp3) is 0.324. The Balaban J connectivity index is 1.46. The zero-order chi connectivity index (χ0) is 36.9. The van der Waals surface area contributed by atoms with Crippen molar-refractivity contribution in [2.24, 2.45) is 11.7 Å². The maximum Gasteiger partial charge on any atom is 0.416 e. The van der Waals surface area contributed by atoms with Crippen LogP contribution >= 0.6 is 0 Å². The molecular formula is C37H36F6N4O4. The third-order valence-electron chi connectivity index (χ3n) is 8.76. The normalized spacial score (nSPS) is 17.4. The van der Waals surface area contributed by atoms with Crippen molar-refractivity contribution in [2.45, 2.75) is 51.1 Å². The fourth-order valence-electron chi connectivity index (χ4n) is 6.32. The first-order valence-electron chi connectivity index (χ1n) is 16.1. The maximum atomic E-state index is 13.9. The monoisotopic (exact) mass is 714 g/mol. The number of fused-ring (bicyclic) bond motifs is 1. The Morgan fingerprint density at radius 2 is 1.51 bits per heavy atom. The molecule has 0 bridgehead atoms. The Hall–Kier alpha value is -5.11. The van der Waals surface area contributed by atoms with E-state index in [1.165, 1.54) is 9.80 Å². The number of amides is 3. The number of nitrogens with zero attached hydrogens (tertiary/aromatic N) is 3. The van der Waals surface area contributed by atoms with Gasteiger partial charge in [0.15, 0.2) is 0 Å². The van der Waals surface area contributed by atoms with E-state index in [0.29, 0.717) is 25.0 Å². The first-order chi connectivity index (χ1) is 24.2. The Morgan fingerprint density at radius 3 is 2.12 bits per heavy atom. The highest BCUT2D eigenvalue weighted by atomic mass is 19.4. The van der Waals surface area contributed by atoms with Crippen LogP contribution in [0, 0.1) is 5.92 Å². The lowest BCUT2D eigenvalue weighted by Gasteiger charge is -2.48. The van der Waals surface area contributed by atoms with Gasteiger partial charge in [0.1, 0.15) is 18.8 Å². The summed E-state index contributed by atoms with van der Waals surface area (Å²) >= 11 is 0. The Morgan fingerprint density at radius 1 is 0.882 bits per heavy atom. The number of alkyl halides is 6. The largest absolute Gasteiger partial charge is 0.444 e. The van der Waals surface area contributed by atoms with Gasteiger partial charge in [-0.2, -0.15) is 26.3 Å². The third-order valence-corrected chi connectivity index (χ3v) is 8.76. The summed E-state index contributed by atoms with van der Waals surface area (Å²) < 4.78 is 86.6. The molecule has 1 aliphatic rings. The Bertz CT molecular complexity index is 1820. The standard InChI is InChI=1S/C37H36F6N4O4/c1-24(13-26-11-12-28-9-5-6-10-29(28)14-26)19-46(35(50)51-22-27-15-30(36(38,39)40)17-31(16-27)37(41,42)43)33-21-45(20-25-7-3-2-4-8-25)34(49)32(18-44)47(33)23-48/h2-12,14-17,23-24,32-33H,13,18-22,44H2,1H3/t24?,32-,33?/m0/s1. The Kier molecular flexibility index (Phi) is 11.2. The quantitative estimate of drug-likeness (QED) is 0.136. The van der Waals surface area contributed by atoms with Crippen molar-refractivity contribution in [1.29, 1.82) is 0 Å². The summed E-state index contributed by atoms with van der Waals surface area (Å²) in [6, 6.07) is 22.4. The maximum absolute atomic E-state index is 13.9. The van der Waals surface area contributed by atoms with Crippen molar-refractivity contribution in [3.05, 3.63) is 119 Å². The molecule has 0 radical (unpaired) electrons. The predicted octanol–water partition coefficient (Wildman–Crippen LogP) is 6.85. The molecule has 270 valence electrons. The first-order valence-corrected chi connectivity index (χ1v) is 16.1. The van der Waals surface area contributed by atoms with Crippen LogP contribution in [0.5, 0.6) is 0 Å². The summed E-state index contributed by atoms with van der Waals surface area (Å²) in [6.45, 7) is 0.546. The average molecular weight is 715 g/mol. The minimum absolute atomic E-state index is 0.0125. The highest BCUT2D eigenvalue weighted by molar-refractivity contribution is 5.86. The molecule has 51 heavy (non-hydrogen) atoms. The molecule has 2 unspecified atom stereocenters. The van der Waals surface area contributed by atoms with Gasteiger partial charge in [-0.25, -0.2) is 4.79 Å². The van der Waals surface area contributed by atoms with E-state index >= 15 is 0 Å². The van der Waals surface area contributed by atoms with Gasteiger partial charge in [0, 0.05) is 19.6 Å². The molecule has 0 aromatic heterocycles. The molecule has 1 aliphatic heterocycles. The summed E-state index contributed by atoms with van der Waals surface area (Å²) in [5.41, 5.74) is 4.04. The van der Waals surface area contributed by atoms with Crippen molar-refractivity contribution in [3.8, 4) is 0 Å². The molecule has 8 nitrogen and oxygen atoms in total. The number of rotatable bonds is 11. The second kappa shape index (κ2) is 15.4. The topological polar surface area (TPSA) is 96.2 Å². The van der Waals surface area contributed by atoms with Crippen molar-refractivity contribution >= 4 is 29.2 Å². The van der Waals surface area contributed by atoms with E-state index in [2.05, 4.69) is 0 Å². The van der Waals surface area contributed by atoms with Gasteiger partial charge in [-0.3, -0.25) is 14.5 Å². The minimum atomic E-state index is -5.09. The van der Waals surface area contributed by atoms with E-state index in [1.807, 2.05) is 49.4 Å². The summed E-state index contributed by atoms with van der Waals surface area (Å²) in [5.74, 6) is -0.750. The lowest BCUT2D eigenvalue weighted by atomic mass is 9.97. The molecule has 4 aromatic carbocycles.